The van der Waals surface area contributed by atoms with Crippen molar-refractivity contribution in [3.63, 3.8) is 0 Å². The highest BCUT2D eigenvalue weighted by Crippen LogP contribution is 2.35. The molecule has 0 aliphatic carbocycles. The summed E-state index contributed by atoms with van der Waals surface area (Å²) in [5.74, 6) is 0.159. The molecule has 0 radical (unpaired) electrons. The second kappa shape index (κ2) is 7.92. The minimum Gasteiger partial charge on any atom is -0.495 e. The van der Waals surface area contributed by atoms with Crippen LogP contribution in [0, 0.1) is 0 Å². The molecule has 1 fully saturated rings. The summed E-state index contributed by atoms with van der Waals surface area (Å²) in [7, 11) is 1.52. The quantitative estimate of drug-likeness (QED) is 0.569. The molecule has 0 saturated carbocycles. The molecule has 0 N–H and O–H groups in total. The Kier molecular flexibility index (Phi) is 5.82. The molecule has 1 heterocycles. The number of hydrogen-bond acceptors (Lipinski definition) is 4. The zero-order chi connectivity index (χ0) is 18.8. The van der Waals surface area contributed by atoms with Gasteiger partial charge in [-0.2, -0.15) is 0 Å². The van der Waals surface area contributed by atoms with Crippen LogP contribution in [0.4, 0.5) is 4.79 Å². The maximum Gasteiger partial charge on any atom is 0.293 e. The van der Waals surface area contributed by atoms with Crippen molar-refractivity contribution in [3.05, 3.63) is 67.5 Å². The Morgan fingerprint density at radius 1 is 1.08 bits per heavy atom. The van der Waals surface area contributed by atoms with Crippen LogP contribution in [0.3, 0.4) is 0 Å². The average molecular weight is 429 g/mol. The fraction of sp³-hybridized carbons (Fsp3) is 0.111. The lowest BCUT2D eigenvalue weighted by Gasteiger charge is -2.13. The van der Waals surface area contributed by atoms with Gasteiger partial charge in [-0.05, 0) is 53.2 Å². The van der Waals surface area contributed by atoms with E-state index >= 15 is 0 Å². The van der Waals surface area contributed by atoms with Crippen molar-refractivity contribution >= 4 is 63.8 Å². The van der Waals surface area contributed by atoms with Crippen LogP contribution in [0.25, 0.3) is 6.08 Å². The van der Waals surface area contributed by atoms with Crippen molar-refractivity contribution in [2.45, 2.75) is 6.54 Å². The fourth-order valence-electron chi connectivity index (χ4n) is 2.38. The van der Waals surface area contributed by atoms with Crippen LogP contribution in [0.15, 0.2) is 41.3 Å². The Morgan fingerprint density at radius 2 is 1.85 bits per heavy atom. The summed E-state index contributed by atoms with van der Waals surface area (Å²) in [6.07, 6.45) is 1.62. The highest BCUT2D eigenvalue weighted by Gasteiger charge is 2.35. The van der Waals surface area contributed by atoms with E-state index in [1.807, 2.05) is 0 Å². The van der Waals surface area contributed by atoms with Gasteiger partial charge in [0.2, 0.25) is 0 Å². The molecule has 2 aromatic carbocycles. The molecule has 4 nitrogen and oxygen atoms in total. The van der Waals surface area contributed by atoms with Gasteiger partial charge in [-0.25, -0.2) is 0 Å². The molecule has 134 valence electrons. The van der Waals surface area contributed by atoms with Crippen LogP contribution in [-0.2, 0) is 11.3 Å². The van der Waals surface area contributed by atoms with Crippen molar-refractivity contribution in [2.75, 3.05) is 7.11 Å². The molecule has 0 spiro atoms. The molecule has 26 heavy (non-hydrogen) atoms. The number of methoxy groups -OCH3 is 1. The zero-order valence-corrected chi connectivity index (χ0v) is 16.5. The summed E-state index contributed by atoms with van der Waals surface area (Å²) in [4.78, 5) is 26.3. The van der Waals surface area contributed by atoms with Crippen molar-refractivity contribution in [3.8, 4) is 5.75 Å². The van der Waals surface area contributed by atoms with Crippen LogP contribution >= 0.6 is 46.6 Å². The molecule has 0 unspecified atom stereocenters. The van der Waals surface area contributed by atoms with E-state index in [1.54, 1.807) is 42.5 Å². The van der Waals surface area contributed by atoms with Crippen molar-refractivity contribution in [1.29, 1.82) is 0 Å². The number of carbonyl (C=O) groups is 2. The van der Waals surface area contributed by atoms with Gasteiger partial charge in [0, 0.05) is 10.0 Å². The third-order valence-electron chi connectivity index (χ3n) is 3.69. The second-order valence-corrected chi connectivity index (χ2v) is 7.64. The summed E-state index contributed by atoms with van der Waals surface area (Å²) < 4.78 is 5.10. The number of amides is 2. The zero-order valence-electron chi connectivity index (χ0n) is 13.5. The molecule has 1 aliphatic rings. The lowest BCUT2D eigenvalue weighted by molar-refractivity contribution is -0.123. The lowest BCUT2D eigenvalue weighted by atomic mass is 10.2. The van der Waals surface area contributed by atoms with Gasteiger partial charge in [0.05, 0.1) is 23.6 Å². The molecule has 2 aromatic rings. The smallest absolute Gasteiger partial charge is 0.293 e. The number of rotatable bonds is 4. The maximum absolute atomic E-state index is 12.6. The first-order valence-corrected chi connectivity index (χ1v) is 9.37. The summed E-state index contributed by atoms with van der Waals surface area (Å²) in [5.41, 5.74) is 1.35. The number of ether oxygens (including phenoxy) is 1. The third-order valence-corrected chi connectivity index (χ3v) is 5.48. The van der Waals surface area contributed by atoms with E-state index in [1.165, 1.54) is 7.11 Å². The Bertz CT molecular complexity index is 930. The van der Waals surface area contributed by atoms with Crippen LogP contribution in [0.1, 0.15) is 11.1 Å². The number of nitrogens with zero attached hydrogens (tertiary/aromatic N) is 1. The molecule has 1 saturated heterocycles. The van der Waals surface area contributed by atoms with Crippen LogP contribution in [0.2, 0.25) is 15.1 Å². The van der Waals surface area contributed by atoms with Gasteiger partial charge in [0.15, 0.2) is 0 Å². The van der Waals surface area contributed by atoms with E-state index in [-0.39, 0.29) is 17.7 Å². The number of thioether (sulfide) groups is 1. The van der Waals surface area contributed by atoms with E-state index in [0.717, 1.165) is 16.7 Å². The normalized spacial score (nSPS) is 15.8. The van der Waals surface area contributed by atoms with Gasteiger partial charge in [-0.15, -0.1) is 0 Å². The summed E-state index contributed by atoms with van der Waals surface area (Å²) >= 11 is 19.0. The molecule has 0 atom stereocenters. The number of carbonyl (C=O) groups excluding carboxylic acids is 2. The Morgan fingerprint density at radius 3 is 2.50 bits per heavy atom. The number of imide groups is 1. The monoisotopic (exact) mass is 427 g/mol. The van der Waals surface area contributed by atoms with E-state index in [9.17, 15) is 9.59 Å². The predicted molar refractivity (Wildman–Crippen MR) is 106 cm³/mol. The Hall–Kier alpha value is -1.66. The molecule has 3 rings (SSSR count). The number of benzene rings is 2. The minimum absolute atomic E-state index is 0.0847. The Balaban J connectivity index is 1.83. The third kappa shape index (κ3) is 4.01. The van der Waals surface area contributed by atoms with Crippen molar-refractivity contribution < 1.29 is 14.3 Å². The molecular formula is C18H12Cl3NO3S. The summed E-state index contributed by atoms with van der Waals surface area (Å²) in [5, 5.41) is 0.965. The van der Waals surface area contributed by atoms with Gasteiger partial charge in [-0.3, -0.25) is 14.5 Å². The number of hydrogen-bond donors (Lipinski definition) is 0. The SMILES string of the molecule is COc1ccc(/C=C2\SC(=O)N(Cc3ccc(Cl)cc3Cl)C2=O)cc1Cl. The molecule has 2 amide bonds. The van der Waals surface area contributed by atoms with Crippen molar-refractivity contribution in [2.24, 2.45) is 0 Å². The maximum atomic E-state index is 12.6. The predicted octanol–water partition coefficient (Wildman–Crippen LogP) is 5.89. The van der Waals surface area contributed by atoms with E-state index in [2.05, 4.69) is 0 Å². The lowest BCUT2D eigenvalue weighted by Crippen LogP contribution is -2.27. The minimum atomic E-state index is -0.377. The molecule has 1 aliphatic heterocycles. The standard InChI is InChI=1S/C18H12Cl3NO3S/c1-25-15-5-2-10(6-14(15)21)7-16-17(23)22(18(24)26-16)9-11-3-4-12(19)8-13(11)20/h2-8H,9H2,1H3/b16-7-. The van der Waals surface area contributed by atoms with Crippen molar-refractivity contribution in [1.82, 2.24) is 4.90 Å². The van der Waals surface area contributed by atoms with Gasteiger partial charge in [0.1, 0.15) is 5.75 Å². The van der Waals surface area contributed by atoms with Gasteiger partial charge >= 0.3 is 0 Å². The first kappa shape index (κ1) is 19.1. The highest BCUT2D eigenvalue weighted by molar-refractivity contribution is 8.18. The number of halogens is 3. The average Bonchev–Trinajstić information content (AvgIpc) is 2.84. The fourth-order valence-corrected chi connectivity index (χ4v) is 3.95. The Labute approximate surface area is 169 Å². The summed E-state index contributed by atoms with van der Waals surface area (Å²) in [6.45, 7) is 0.0847. The highest BCUT2D eigenvalue weighted by atomic mass is 35.5. The first-order chi connectivity index (χ1) is 12.4. The van der Waals surface area contributed by atoms with Crippen LogP contribution in [-0.4, -0.2) is 23.2 Å². The van der Waals surface area contributed by atoms with Gasteiger partial charge < -0.3 is 4.74 Å². The largest absolute Gasteiger partial charge is 0.495 e. The van der Waals surface area contributed by atoms with Crippen LogP contribution in [0.5, 0.6) is 5.75 Å². The summed E-state index contributed by atoms with van der Waals surface area (Å²) in [6, 6.07) is 10.1. The molecule has 0 bridgehead atoms. The van der Waals surface area contributed by atoms with Crippen LogP contribution < -0.4 is 4.74 Å². The topological polar surface area (TPSA) is 46.6 Å². The van der Waals surface area contributed by atoms with E-state index in [4.69, 9.17) is 39.5 Å². The van der Waals surface area contributed by atoms with Gasteiger partial charge in [-0.1, -0.05) is 46.9 Å². The molecular weight excluding hydrogens is 417 g/mol. The van der Waals surface area contributed by atoms with E-state index in [0.29, 0.717) is 36.8 Å². The molecule has 0 aromatic heterocycles. The van der Waals surface area contributed by atoms with E-state index < -0.39 is 0 Å². The molecule has 8 heteroatoms. The van der Waals surface area contributed by atoms with Gasteiger partial charge in [0.25, 0.3) is 11.1 Å². The first-order valence-electron chi connectivity index (χ1n) is 7.42. The second-order valence-electron chi connectivity index (χ2n) is 5.40.